The third-order valence-electron chi connectivity index (χ3n) is 4.31. The van der Waals surface area contributed by atoms with Crippen LogP contribution in [0, 0.1) is 0 Å². The topological polar surface area (TPSA) is 75.4 Å². The molecular formula is C20H20N6OS. The fourth-order valence-electron chi connectivity index (χ4n) is 2.94. The largest absolute Gasteiger partial charge is 0.351 e. The lowest BCUT2D eigenvalue weighted by atomic mass is 10.2. The maximum absolute atomic E-state index is 12.7. The number of amides is 1. The number of thiazole rings is 1. The smallest absolute Gasteiger partial charge is 0.253 e. The van der Waals surface area contributed by atoms with Gasteiger partial charge >= 0.3 is 0 Å². The number of carbonyl (C=O) groups excluding carboxylic acids is 1. The van der Waals surface area contributed by atoms with Gasteiger partial charge in [0.1, 0.15) is 10.7 Å². The summed E-state index contributed by atoms with van der Waals surface area (Å²) < 4.78 is 2.00. The van der Waals surface area contributed by atoms with Crippen molar-refractivity contribution in [3.63, 3.8) is 0 Å². The van der Waals surface area contributed by atoms with Crippen molar-refractivity contribution in [2.24, 2.45) is 0 Å². The molecule has 0 atom stereocenters. The molecule has 28 heavy (non-hydrogen) atoms. The summed E-state index contributed by atoms with van der Waals surface area (Å²) in [7, 11) is 3.96. The van der Waals surface area contributed by atoms with Crippen molar-refractivity contribution >= 4 is 22.8 Å². The van der Waals surface area contributed by atoms with Crippen molar-refractivity contribution < 1.29 is 4.79 Å². The molecule has 7 nitrogen and oxygen atoms in total. The highest BCUT2D eigenvalue weighted by atomic mass is 32.1. The molecule has 4 aromatic rings. The lowest BCUT2D eigenvalue weighted by Gasteiger charge is -2.10. The Labute approximate surface area is 166 Å². The first kappa shape index (κ1) is 18.3. The minimum atomic E-state index is -0.0822. The lowest BCUT2D eigenvalue weighted by Crippen LogP contribution is -2.31. The molecular weight excluding hydrogens is 372 g/mol. The van der Waals surface area contributed by atoms with Crippen molar-refractivity contribution in [3.05, 3.63) is 60.0 Å². The van der Waals surface area contributed by atoms with E-state index in [-0.39, 0.29) is 5.91 Å². The normalized spacial score (nSPS) is 11.2. The summed E-state index contributed by atoms with van der Waals surface area (Å²) in [6.45, 7) is 1.39. The zero-order valence-electron chi connectivity index (χ0n) is 15.7. The van der Waals surface area contributed by atoms with Gasteiger partial charge in [-0.15, -0.1) is 11.3 Å². The fourth-order valence-corrected chi connectivity index (χ4v) is 3.71. The van der Waals surface area contributed by atoms with E-state index in [1.54, 1.807) is 18.6 Å². The molecule has 4 aromatic heterocycles. The highest BCUT2D eigenvalue weighted by Gasteiger charge is 2.18. The minimum Gasteiger partial charge on any atom is -0.351 e. The van der Waals surface area contributed by atoms with Crippen molar-refractivity contribution in [1.29, 1.82) is 0 Å². The van der Waals surface area contributed by atoms with Crippen LogP contribution in [0.25, 0.3) is 27.6 Å². The minimum absolute atomic E-state index is 0.0822. The van der Waals surface area contributed by atoms with Crippen LogP contribution in [0.5, 0.6) is 0 Å². The highest BCUT2D eigenvalue weighted by molar-refractivity contribution is 7.13. The van der Waals surface area contributed by atoms with E-state index >= 15 is 0 Å². The zero-order chi connectivity index (χ0) is 19.5. The fraction of sp³-hybridized carbons (Fsp3) is 0.200. The first-order valence-electron chi connectivity index (χ1n) is 8.89. The van der Waals surface area contributed by atoms with Crippen LogP contribution in [-0.4, -0.2) is 57.3 Å². The van der Waals surface area contributed by atoms with Crippen LogP contribution in [0.1, 0.15) is 10.4 Å². The van der Waals surface area contributed by atoms with E-state index < -0.39 is 0 Å². The maximum atomic E-state index is 12.7. The molecule has 0 bridgehead atoms. The van der Waals surface area contributed by atoms with Crippen LogP contribution < -0.4 is 5.32 Å². The molecule has 0 aromatic carbocycles. The second-order valence-corrected chi connectivity index (χ2v) is 7.44. The number of nitrogens with zero attached hydrogens (tertiary/aromatic N) is 5. The van der Waals surface area contributed by atoms with Gasteiger partial charge in [0.2, 0.25) is 0 Å². The lowest BCUT2D eigenvalue weighted by molar-refractivity contribution is 0.0953. The van der Waals surface area contributed by atoms with Gasteiger partial charge in [-0.25, -0.2) is 4.98 Å². The number of carbonyl (C=O) groups is 1. The number of aromatic nitrogens is 4. The maximum Gasteiger partial charge on any atom is 0.253 e. The molecule has 0 saturated carbocycles. The zero-order valence-corrected chi connectivity index (χ0v) is 16.5. The van der Waals surface area contributed by atoms with Gasteiger partial charge in [0.15, 0.2) is 0 Å². The van der Waals surface area contributed by atoms with E-state index in [4.69, 9.17) is 4.98 Å². The first-order valence-corrected chi connectivity index (χ1v) is 9.77. The Bertz CT molecular complexity index is 1100. The number of rotatable bonds is 6. The van der Waals surface area contributed by atoms with E-state index in [1.165, 1.54) is 11.3 Å². The van der Waals surface area contributed by atoms with Crippen LogP contribution in [0.3, 0.4) is 0 Å². The van der Waals surface area contributed by atoms with Crippen LogP contribution in [0.15, 0.2) is 54.4 Å². The highest BCUT2D eigenvalue weighted by Crippen LogP contribution is 2.30. The van der Waals surface area contributed by atoms with Crippen molar-refractivity contribution in [1.82, 2.24) is 29.6 Å². The number of fused-ring (bicyclic) bond motifs is 1. The average Bonchev–Trinajstić information content (AvgIpc) is 3.33. The molecule has 0 aliphatic heterocycles. The summed E-state index contributed by atoms with van der Waals surface area (Å²) in [4.78, 5) is 27.9. The molecule has 4 rings (SSSR count). The summed E-state index contributed by atoms with van der Waals surface area (Å²) in [6, 6.07) is 7.72. The quantitative estimate of drug-likeness (QED) is 0.546. The summed E-state index contributed by atoms with van der Waals surface area (Å²) in [5.41, 5.74) is 3.91. The molecule has 0 aliphatic rings. The molecule has 0 spiro atoms. The van der Waals surface area contributed by atoms with Gasteiger partial charge in [0.05, 0.1) is 28.7 Å². The molecule has 1 amide bonds. The summed E-state index contributed by atoms with van der Waals surface area (Å²) in [6.07, 6.45) is 6.93. The van der Waals surface area contributed by atoms with Gasteiger partial charge in [-0.1, -0.05) is 6.07 Å². The molecule has 4 heterocycles. The molecule has 0 unspecified atom stereocenters. The number of hydrogen-bond donors (Lipinski definition) is 1. The first-order chi connectivity index (χ1) is 13.6. The molecule has 142 valence electrons. The number of hydrogen-bond acceptors (Lipinski definition) is 6. The third kappa shape index (κ3) is 3.64. The van der Waals surface area contributed by atoms with Gasteiger partial charge in [0, 0.05) is 37.1 Å². The number of nitrogens with one attached hydrogen (secondary N) is 1. The molecule has 0 saturated heterocycles. The SMILES string of the molecule is CN(C)CCNC(=O)c1cc(-c2csc(-c3cnccn3)n2)n2ccccc12. The van der Waals surface area contributed by atoms with Gasteiger partial charge < -0.3 is 14.6 Å². The summed E-state index contributed by atoms with van der Waals surface area (Å²) in [5.74, 6) is -0.0822. The predicted octanol–water partition coefficient (Wildman–Crippen LogP) is 2.81. The Morgan fingerprint density at radius 1 is 1.25 bits per heavy atom. The van der Waals surface area contributed by atoms with Crippen LogP contribution in [0.2, 0.25) is 0 Å². The van der Waals surface area contributed by atoms with Gasteiger partial charge in [-0.3, -0.25) is 14.8 Å². The average molecular weight is 392 g/mol. The van der Waals surface area contributed by atoms with Crippen LogP contribution >= 0.6 is 11.3 Å². The van der Waals surface area contributed by atoms with E-state index in [0.29, 0.717) is 12.1 Å². The van der Waals surface area contributed by atoms with Crippen molar-refractivity contribution in [2.75, 3.05) is 27.2 Å². The van der Waals surface area contributed by atoms with Gasteiger partial charge in [-0.2, -0.15) is 0 Å². The van der Waals surface area contributed by atoms with E-state index in [2.05, 4.69) is 15.3 Å². The molecule has 0 fully saturated rings. The molecule has 1 N–H and O–H groups in total. The standard InChI is InChI=1S/C20H20N6OS/c1-25(2)10-8-23-19(27)14-11-18(26-9-4-3-5-17(14)26)16-13-28-20(24-16)15-12-21-6-7-22-15/h3-7,9,11-13H,8,10H2,1-2H3,(H,23,27). The summed E-state index contributed by atoms with van der Waals surface area (Å²) in [5, 5.41) is 5.76. The third-order valence-corrected chi connectivity index (χ3v) is 5.18. The molecule has 8 heteroatoms. The van der Waals surface area contributed by atoms with E-state index in [9.17, 15) is 4.79 Å². The van der Waals surface area contributed by atoms with Crippen LogP contribution in [-0.2, 0) is 0 Å². The van der Waals surface area contributed by atoms with E-state index in [0.717, 1.165) is 34.2 Å². The number of likely N-dealkylation sites (N-methyl/N-ethyl adjacent to an activating group) is 1. The second kappa shape index (κ2) is 7.87. The van der Waals surface area contributed by atoms with E-state index in [1.807, 2.05) is 59.2 Å². The van der Waals surface area contributed by atoms with Crippen LogP contribution in [0.4, 0.5) is 0 Å². The number of pyridine rings is 1. The molecule has 0 radical (unpaired) electrons. The Balaban J connectivity index is 1.69. The van der Waals surface area contributed by atoms with Crippen molar-refractivity contribution in [3.8, 4) is 22.1 Å². The van der Waals surface area contributed by atoms with Gasteiger partial charge in [-0.05, 0) is 32.3 Å². The monoisotopic (exact) mass is 392 g/mol. The summed E-state index contributed by atoms with van der Waals surface area (Å²) >= 11 is 1.51. The Morgan fingerprint density at radius 2 is 2.14 bits per heavy atom. The van der Waals surface area contributed by atoms with Crippen molar-refractivity contribution in [2.45, 2.75) is 0 Å². The van der Waals surface area contributed by atoms with Gasteiger partial charge in [0.25, 0.3) is 5.91 Å². The molecule has 0 aliphatic carbocycles. The Kier molecular flexibility index (Phi) is 5.14. The Morgan fingerprint density at radius 3 is 2.93 bits per heavy atom. The Hall–Kier alpha value is -3.10. The second-order valence-electron chi connectivity index (χ2n) is 6.59. The predicted molar refractivity (Wildman–Crippen MR) is 110 cm³/mol.